The molecular weight excluding hydrogens is 405 g/mol. The van der Waals surface area contributed by atoms with Gasteiger partial charge in [-0.1, -0.05) is 36.4 Å². The van der Waals surface area contributed by atoms with Crippen molar-refractivity contribution in [2.24, 2.45) is 0 Å². The second-order valence-electron chi connectivity index (χ2n) is 8.75. The fraction of sp³-hybridized carbons (Fsp3) is 0.333. The second kappa shape index (κ2) is 9.31. The maximum atomic E-state index is 13.2. The molecule has 2 atom stereocenters. The Balaban J connectivity index is 1.54. The summed E-state index contributed by atoms with van der Waals surface area (Å²) < 4.78 is 31.8. The number of hydrogen-bond donors (Lipinski definition) is 1. The van der Waals surface area contributed by atoms with E-state index >= 15 is 0 Å². The third-order valence-electron chi connectivity index (χ3n) is 5.99. The lowest BCUT2D eigenvalue weighted by Gasteiger charge is -2.44. The van der Waals surface area contributed by atoms with Crippen LogP contribution >= 0.6 is 0 Å². The van der Waals surface area contributed by atoms with Crippen LogP contribution < -0.4 is 10.1 Å². The molecule has 1 aliphatic heterocycles. The lowest BCUT2D eigenvalue weighted by atomic mass is 9.87. The van der Waals surface area contributed by atoms with Crippen molar-refractivity contribution in [3.63, 3.8) is 0 Å². The van der Waals surface area contributed by atoms with Crippen LogP contribution in [0.4, 0.5) is 10.1 Å². The summed E-state index contributed by atoms with van der Waals surface area (Å²) in [7, 11) is 1.71. The first-order chi connectivity index (χ1) is 15.4. The van der Waals surface area contributed by atoms with Gasteiger partial charge in [-0.05, 0) is 67.8 Å². The Morgan fingerprint density at radius 3 is 2.50 bits per heavy atom. The van der Waals surface area contributed by atoms with Crippen molar-refractivity contribution >= 4 is 5.69 Å². The summed E-state index contributed by atoms with van der Waals surface area (Å²) >= 11 is 0. The molecular formula is C27H30FNO3. The molecule has 0 bridgehead atoms. The lowest BCUT2D eigenvalue weighted by Crippen LogP contribution is -2.50. The second-order valence-corrected chi connectivity index (χ2v) is 8.75. The fourth-order valence-electron chi connectivity index (χ4n) is 4.14. The number of methoxy groups -OCH3 is 1. The normalized spacial score (nSPS) is 19.2. The minimum atomic E-state index is -0.556. The molecule has 4 rings (SSSR count). The van der Waals surface area contributed by atoms with Gasteiger partial charge in [0.25, 0.3) is 0 Å². The van der Waals surface area contributed by atoms with Gasteiger partial charge in [-0.3, -0.25) is 0 Å². The molecule has 32 heavy (non-hydrogen) atoms. The SMILES string of the molecule is COC1c2cc(NCc3ccc(F)cc3)ccc2OC(C)(C)C1OCc1ccccc1C. The Morgan fingerprint density at radius 2 is 1.78 bits per heavy atom. The average molecular weight is 436 g/mol. The Morgan fingerprint density at radius 1 is 1.03 bits per heavy atom. The summed E-state index contributed by atoms with van der Waals surface area (Å²) in [4.78, 5) is 0. The lowest BCUT2D eigenvalue weighted by molar-refractivity contribution is -0.159. The van der Waals surface area contributed by atoms with Crippen molar-refractivity contribution in [1.82, 2.24) is 0 Å². The Hall–Kier alpha value is -2.89. The molecule has 1 aliphatic rings. The standard InChI is InChI=1S/C27H30FNO3/c1-18-7-5-6-8-20(18)17-31-26-25(30-4)23-15-22(13-14-24(23)32-27(26,2)3)29-16-19-9-11-21(28)12-10-19/h5-15,25-26,29H,16-17H2,1-4H3. The molecule has 2 unspecified atom stereocenters. The molecule has 0 amide bonds. The minimum absolute atomic E-state index is 0.234. The van der Waals surface area contributed by atoms with Gasteiger partial charge in [0.1, 0.15) is 29.4 Å². The number of nitrogens with one attached hydrogen (secondary N) is 1. The van der Waals surface area contributed by atoms with E-state index in [2.05, 4.69) is 24.4 Å². The molecule has 0 saturated heterocycles. The van der Waals surface area contributed by atoms with Crippen LogP contribution in [0.3, 0.4) is 0 Å². The van der Waals surface area contributed by atoms with E-state index in [-0.39, 0.29) is 18.0 Å². The molecule has 0 aromatic heterocycles. The third kappa shape index (κ3) is 4.79. The van der Waals surface area contributed by atoms with Gasteiger partial charge in [-0.2, -0.15) is 0 Å². The van der Waals surface area contributed by atoms with Gasteiger partial charge >= 0.3 is 0 Å². The maximum absolute atomic E-state index is 13.2. The number of halogens is 1. The van der Waals surface area contributed by atoms with E-state index in [0.29, 0.717) is 13.2 Å². The highest BCUT2D eigenvalue weighted by atomic mass is 19.1. The summed E-state index contributed by atoms with van der Waals surface area (Å²) in [5, 5.41) is 3.40. The minimum Gasteiger partial charge on any atom is -0.485 e. The topological polar surface area (TPSA) is 39.7 Å². The van der Waals surface area contributed by atoms with E-state index in [4.69, 9.17) is 14.2 Å². The van der Waals surface area contributed by atoms with E-state index in [1.807, 2.05) is 44.2 Å². The zero-order chi connectivity index (χ0) is 22.7. The largest absolute Gasteiger partial charge is 0.485 e. The molecule has 0 aliphatic carbocycles. The van der Waals surface area contributed by atoms with E-state index in [1.165, 1.54) is 17.7 Å². The molecule has 3 aromatic carbocycles. The first kappa shape index (κ1) is 22.3. The number of rotatable bonds is 7. The highest BCUT2D eigenvalue weighted by Gasteiger charge is 2.45. The zero-order valence-electron chi connectivity index (χ0n) is 19.0. The van der Waals surface area contributed by atoms with Gasteiger partial charge in [-0.25, -0.2) is 4.39 Å². The molecule has 5 heteroatoms. The maximum Gasteiger partial charge on any atom is 0.132 e. The van der Waals surface area contributed by atoms with Crippen LogP contribution in [0.5, 0.6) is 5.75 Å². The zero-order valence-corrected chi connectivity index (χ0v) is 19.0. The van der Waals surface area contributed by atoms with Crippen LogP contribution in [0.15, 0.2) is 66.7 Å². The summed E-state index contributed by atoms with van der Waals surface area (Å²) in [5.74, 6) is 0.562. The van der Waals surface area contributed by atoms with Gasteiger partial charge in [0.2, 0.25) is 0 Å². The molecule has 168 valence electrons. The van der Waals surface area contributed by atoms with Crippen molar-refractivity contribution in [3.8, 4) is 5.75 Å². The van der Waals surface area contributed by atoms with Crippen LogP contribution in [0.25, 0.3) is 0 Å². The van der Waals surface area contributed by atoms with Crippen LogP contribution in [-0.2, 0) is 22.6 Å². The Labute approximate surface area is 189 Å². The predicted molar refractivity (Wildman–Crippen MR) is 124 cm³/mol. The van der Waals surface area contributed by atoms with E-state index in [0.717, 1.165) is 28.1 Å². The number of fused-ring (bicyclic) bond motifs is 1. The van der Waals surface area contributed by atoms with Crippen LogP contribution in [0, 0.1) is 12.7 Å². The van der Waals surface area contributed by atoms with Gasteiger partial charge in [-0.15, -0.1) is 0 Å². The summed E-state index contributed by atoms with van der Waals surface area (Å²) in [6.07, 6.45) is -0.558. The quantitative estimate of drug-likeness (QED) is 0.480. The number of hydrogen-bond acceptors (Lipinski definition) is 4. The Bertz CT molecular complexity index is 1060. The number of aryl methyl sites for hydroxylation is 1. The van der Waals surface area contributed by atoms with Crippen molar-refractivity contribution in [2.75, 3.05) is 12.4 Å². The van der Waals surface area contributed by atoms with Crippen molar-refractivity contribution in [1.29, 1.82) is 0 Å². The third-order valence-corrected chi connectivity index (χ3v) is 5.99. The molecule has 0 saturated carbocycles. The molecule has 1 heterocycles. The fourth-order valence-corrected chi connectivity index (χ4v) is 4.14. The van der Waals surface area contributed by atoms with Crippen LogP contribution in [0.1, 0.15) is 42.2 Å². The van der Waals surface area contributed by atoms with E-state index in [9.17, 15) is 4.39 Å². The number of anilines is 1. The highest BCUT2D eigenvalue weighted by Crippen LogP contribution is 2.44. The molecule has 1 N–H and O–H groups in total. The molecule has 0 radical (unpaired) electrons. The molecule has 0 spiro atoms. The monoisotopic (exact) mass is 435 g/mol. The van der Waals surface area contributed by atoms with Crippen LogP contribution in [0.2, 0.25) is 0 Å². The van der Waals surface area contributed by atoms with Gasteiger partial charge in [0, 0.05) is 24.9 Å². The number of benzene rings is 3. The smallest absolute Gasteiger partial charge is 0.132 e. The Kier molecular flexibility index (Phi) is 6.49. The molecule has 4 nitrogen and oxygen atoms in total. The first-order valence-electron chi connectivity index (χ1n) is 10.9. The highest BCUT2D eigenvalue weighted by molar-refractivity contribution is 5.54. The molecule has 3 aromatic rings. The van der Waals surface area contributed by atoms with Gasteiger partial charge in [0.05, 0.1) is 6.61 Å². The molecule has 0 fully saturated rings. The predicted octanol–water partition coefficient (Wildman–Crippen LogP) is 6.19. The van der Waals surface area contributed by atoms with Crippen molar-refractivity contribution < 1.29 is 18.6 Å². The summed E-state index contributed by atoms with van der Waals surface area (Å²) in [5.41, 5.74) is 4.69. The van der Waals surface area contributed by atoms with Gasteiger partial charge in [0.15, 0.2) is 0 Å². The van der Waals surface area contributed by atoms with Crippen molar-refractivity contribution in [3.05, 3.63) is 94.8 Å². The van der Waals surface area contributed by atoms with E-state index < -0.39 is 5.60 Å². The first-order valence-corrected chi connectivity index (χ1v) is 10.9. The summed E-state index contributed by atoms with van der Waals surface area (Å²) in [6.45, 7) is 7.23. The average Bonchev–Trinajstić information content (AvgIpc) is 2.77. The van der Waals surface area contributed by atoms with Crippen molar-refractivity contribution in [2.45, 2.75) is 51.7 Å². The van der Waals surface area contributed by atoms with Crippen LogP contribution in [-0.4, -0.2) is 18.8 Å². The van der Waals surface area contributed by atoms with E-state index in [1.54, 1.807) is 19.2 Å². The summed E-state index contributed by atoms with van der Waals surface area (Å²) in [6, 6.07) is 20.7. The van der Waals surface area contributed by atoms with Gasteiger partial charge < -0.3 is 19.5 Å². The number of ether oxygens (including phenoxy) is 3.